The van der Waals surface area contributed by atoms with Crippen molar-refractivity contribution in [2.24, 2.45) is 0 Å². The number of hydrogen-bond acceptors (Lipinski definition) is 8. The summed E-state index contributed by atoms with van der Waals surface area (Å²) in [6.07, 6.45) is -0.417. The molecule has 0 aliphatic carbocycles. The number of unbranched alkanes of at least 4 members (excludes halogenated alkanes) is 1. The highest BCUT2D eigenvalue weighted by Crippen LogP contribution is 2.27. The average Bonchev–Trinajstić information content (AvgIpc) is 3.31. The lowest BCUT2D eigenvalue weighted by atomic mass is 9.92. The number of carboxylic acid groups (broad SMARTS) is 2. The molecule has 0 aliphatic heterocycles. The van der Waals surface area contributed by atoms with Crippen LogP contribution in [0.5, 0.6) is 5.75 Å². The molecule has 13 heteroatoms. The monoisotopic (exact) mass is 524 g/mol. The molecule has 37 heavy (non-hydrogen) atoms. The Kier molecular flexibility index (Phi) is 11.3. The number of halogens is 3. The van der Waals surface area contributed by atoms with E-state index in [0.717, 1.165) is 30.8 Å². The second-order valence-corrected chi connectivity index (χ2v) is 7.78. The SMILES string of the molecule is COc1cccc(C(CC(=O)O)Cc2nc(CCCCNc3ccccn3)no2)c1.O=C(O)C(F)(F)F. The molecular formula is C24H27F3N4O6. The number of anilines is 1. The summed E-state index contributed by atoms with van der Waals surface area (Å²) < 4.78 is 42.4. The lowest BCUT2D eigenvalue weighted by Gasteiger charge is -2.14. The Labute approximate surface area is 210 Å². The zero-order valence-corrected chi connectivity index (χ0v) is 19.9. The van der Waals surface area contributed by atoms with Crippen molar-refractivity contribution in [2.45, 2.75) is 44.2 Å². The minimum atomic E-state index is -5.08. The van der Waals surface area contributed by atoms with Crippen LogP contribution in [0.2, 0.25) is 0 Å². The molecule has 200 valence electrons. The highest BCUT2D eigenvalue weighted by Gasteiger charge is 2.38. The van der Waals surface area contributed by atoms with Crippen LogP contribution in [0.15, 0.2) is 53.2 Å². The number of ether oxygens (including phenoxy) is 1. The fourth-order valence-electron chi connectivity index (χ4n) is 3.19. The number of carboxylic acids is 2. The number of nitrogens with one attached hydrogen (secondary N) is 1. The van der Waals surface area contributed by atoms with Gasteiger partial charge in [-0.2, -0.15) is 18.2 Å². The van der Waals surface area contributed by atoms with Gasteiger partial charge in [0.1, 0.15) is 11.6 Å². The summed E-state index contributed by atoms with van der Waals surface area (Å²) in [5.74, 6) is -1.26. The normalized spacial score (nSPS) is 11.7. The number of nitrogens with zero attached hydrogens (tertiary/aromatic N) is 3. The summed E-state index contributed by atoms with van der Waals surface area (Å²) >= 11 is 0. The maximum atomic E-state index is 11.3. The fraction of sp³-hybridized carbons (Fsp3) is 0.375. The van der Waals surface area contributed by atoms with Gasteiger partial charge >= 0.3 is 18.1 Å². The van der Waals surface area contributed by atoms with E-state index in [9.17, 15) is 23.1 Å². The van der Waals surface area contributed by atoms with Gasteiger partial charge in [-0.3, -0.25) is 4.79 Å². The third-order valence-electron chi connectivity index (χ3n) is 4.96. The van der Waals surface area contributed by atoms with Crippen molar-refractivity contribution in [2.75, 3.05) is 19.0 Å². The predicted molar refractivity (Wildman–Crippen MR) is 125 cm³/mol. The van der Waals surface area contributed by atoms with Crippen molar-refractivity contribution in [3.63, 3.8) is 0 Å². The number of aliphatic carboxylic acids is 2. The van der Waals surface area contributed by atoms with Gasteiger partial charge in [0.25, 0.3) is 0 Å². The molecular weight excluding hydrogens is 497 g/mol. The molecule has 0 amide bonds. The molecule has 10 nitrogen and oxygen atoms in total. The Bertz CT molecular complexity index is 1120. The van der Waals surface area contributed by atoms with E-state index in [1.54, 1.807) is 13.3 Å². The Morgan fingerprint density at radius 2 is 1.89 bits per heavy atom. The number of alkyl halides is 3. The molecule has 0 radical (unpaired) electrons. The van der Waals surface area contributed by atoms with Crippen LogP contribution in [0.4, 0.5) is 19.0 Å². The van der Waals surface area contributed by atoms with Crippen molar-refractivity contribution in [1.29, 1.82) is 0 Å². The highest BCUT2D eigenvalue weighted by molar-refractivity contribution is 5.73. The van der Waals surface area contributed by atoms with E-state index in [-0.39, 0.29) is 12.3 Å². The second kappa shape index (κ2) is 14.4. The quantitative estimate of drug-likeness (QED) is 0.292. The lowest BCUT2D eigenvalue weighted by Crippen LogP contribution is -2.21. The lowest BCUT2D eigenvalue weighted by molar-refractivity contribution is -0.192. The molecule has 1 atom stereocenters. The summed E-state index contributed by atoms with van der Waals surface area (Å²) in [4.78, 5) is 28.9. The molecule has 3 rings (SSSR count). The van der Waals surface area contributed by atoms with Crippen LogP contribution in [-0.4, -0.2) is 57.1 Å². The summed E-state index contributed by atoms with van der Waals surface area (Å²) in [7, 11) is 1.58. The van der Waals surface area contributed by atoms with Crippen LogP contribution < -0.4 is 10.1 Å². The van der Waals surface area contributed by atoms with Crippen molar-refractivity contribution in [3.05, 3.63) is 65.9 Å². The Hall–Kier alpha value is -4.16. The van der Waals surface area contributed by atoms with Gasteiger partial charge in [-0.1, -0.05) is 23.4 Å². The summed E-state index contributed by atoms with van der Waals surface area (Å²) in [6.45, 7) is 0.818. The molecule has 3 N–H and O–H groups in total. The van der Waals surface area contributed by atoms with Crippen molar-refractivity contribution in [1.82, 2.24) is 15.1 Å². The maximum Gasteiger partial charge on any atom is 0.490 e. The fourth-order valence-corrected chi connectivity index (χ4v) is 3.19. The predicted octanol–water partition coefficient (Wildman–Crippen LogP) is 4.34. The number of benzene rings is 1. The van der Waals surface area contributed by atoms with Gasteiger partial charge in [0.15, 0.2) is 5.82 Å². The average molecular weight is 524 g/mol. The Morgan fingerprint density at radius 1 is 1.14 bits per heavy atom. The van der Waals surface area contributed by atoms with E-state index >= 15 is 0 Å². The number of hydrogen-bond donors (Lipinski definition) is 3. The first-order valence-corrected chi connectivity index (χ1v) is 11.2. The number of rotatable bonds is 12. The van der Waals surface area contributed by atoms with E-state index in [0.29, 0.717) is 30.3 Å². The number of methoxy groups -OCH3 is 1. The van der Waals surface area contributed by atoms with E-state index in [2.05, 4.69) is 20.4 Å². The van der Waals surface area contributed by atoms with Gasteiger partial charge in [0.2, 0.25) is 5.89 Å². The molecule has 1 unspecified atom stereocenters. The van der Waals surface area contributed by atoms with Crippen LogP contribution >= 0.6 is 0 Å². The van der Waals surface area contributed by atoms with Gasteiger partial charge < -0.3 is 24.8 Å². The third kappa shape index (κ3) is 11.0. The zero-order valence-electron chi connectivity index (χ0n) is 19.9. The summed E-state index contributed by atoms with van der Waals surface area (Å²) in [5, 5.41) is 23.7. The van der Waals surface area contributed by atoms with Crippen LogP contribution in [0.1, 0.15) is 42.5 Å². The van der Waals surface area contributed by atoms with E-state index < -0.39 is 18.1 Å². The highest BCUT2D eigenvalue weighted by atomic mass is 19.4. The van der Waals surface area contributed by atoms with E-state index in [1.807, 2.05) is 42.5 Å². The molecule has 0 bridgehead atoms. The van der Waals surface area contributed by atoms with Crippen LogP contribution in [0, 0.1) is 0 Å². The minimum Gasteiger partial charge on any atom is -0.497 e. The van der Waals surface area contributed by atoms with Crippen LogP contribution in [0.3, 0.4) is 0 Å². The minimum absolute atomic E-state index is 0.0237. The third-order valence-corrected chi connectivity index (χ3v) is 4.96. The second-order valence-electron chi connectivity index (χ2n) is 7.78. The van der Waals surface area contributed by atoms with Crippen LogP contribution in [0.25, 0.3) is 0 Å². The molecule has 0 fully saturated rings. The molecule has 2 aromatic heterocycles. The number of aryl methyl sites for hydroxylation is 1. The molecule has 0 aliphatic rings. The standard InChI is InChI=1S/C22H26N4O4.C2HF3O2/c1-29-18-8-6-7-16(13-18)17(15-22(27)28)14-21-25-20(26-30-21)10-3-5-12-24-19-9-2-4-11-23-19;3-2(4,5)1(6)7/h2,4,6-9,11,13,17H,3,5,10,12,14-15H2,1H3,(H,23,24)(H,27,28);(H,6,7). The number of aromatic nitrogens is 3. The first-order chi connectivity index (χ1) is 17.6. The van der Waals surface area contributed by atoms with Gasteiger partial charge in [-0.25, -0.2) is 9.78 Å². The zero-order chi connectivity index (χ0) is 27.3. The first kappa shape index (κ1) is 29.1. The number of carbonyl (C=O) groups is 2. The molecule has 2 heterocycles. The van der Waals surface area contributed by atoms with E-state index in [1.165, 1.54) is 0 Å². The molecule has 0 saturated heterocycles. The van der Waals surface area contributed by atoms with Crippen LogP contribution in [-0.2, 0) is 22.4 Å². The first-order valence-electron chi connectivity index (χ1n) is 11.2. The van der Waals surface area contributed by atoms with Gasteiger partial charge in [-0.15, -0.1) is 0 Å². The van der Waals surface area contributed by atoms with Gasteiger partial charge in [0.05, 0.1) is 13.5 Å². The van der Waals surface area contributed by atoms with Crippen molar-refractivity contribution >= 4 is 17.8 Å². The van der Waals surface area contributed by atoms with Gasteiger partial charge in [0, 0.05) is 31.5 Å². The Morgan fingerprint density at radius 3 is 2.51 bits per heavy atom. The molecule has 0 spiro atoms. The van der Waals surface area contributed by atoms with Gasteiger partial charge in [-0.05, 0) is 42.7 Å². The van der Waals surface area contributed by atoms with Crippen molar-refractivity contribution in [3.8, 4) is 5.75 Å². The summed E-state index contributed by atoms with van der Waals surface area (Å²) in [6, 6.07) is 13.2. The number of pyridine rings is 1. The topological polar surface area (TPSA) is 148 Å². The molecule has 1 aromatic carbocycles. The molecule has 0 saturated carbocycles. The van der Waals surface area contributed by atoms with E-state index in [4.69, 9.17) is 19.2 Å². The largest absolute Gasteiger partial charge is 0.497 e. The summed E-state index contributed by atoms with van der Waals surface area (Å²) in [5.41, 5.74) is 0.872. The smallest absolute Gasteiger partial charge is 0.490 e. The Balaban J connectivity index is 0.000000604. The maximum absolute atomic E-state index is 11.3. The van der Waals surface area contributed by atoms with Crippen molar-refractivity contribution < 1.29 is 42.2 Å². The molecule has 3 aromatic rings.